The first-order valence-corrected chi connectivity index (χ1v) is 4.77. The van der Waals surface area contributed by atoms with Gasteiger partial charge in [-0.25, -0.2) is 9.78 Å². The first-order chi connectivity index (χ1) is 7.56. The highest BCUT2D eigenvalue weighted by molar-refractivity contribution is 5.70. The number of pyridine rings is 1. The Morgan fingerprint density at radius 1 is 1.69 bits per heavy atom. The maximum absolute atomic E-state index is 10.9. The molecule has 84 valence electrons. The lowest BCUT2D eigenvalue weighted by Gasteiger charge is -2.07. The molecule has 16 heavy (non-hydrogen) atoms. The van der Waals surface area contributed by atoms with Crippen molar-refractivity contribution in [3.63, 3.8) is 0 Å². The van der Waals surface area contributed by atoms with Gasteiger partial charge < -0.3 is 9.52 Å². The van der Waals surface area contributed by atoms with Crippen LogP contribution in [0.15, 0.2) is 21.5 Å². The van der Waals surface area contributed by atoms with Crippen LogP contribution in [-0.2, 0) is 4.79 Å². The number of H-pyrrole nitrogens is 1. The lowest BCUT2D eigenvalue weighted by Crippen LogP contribution is -2.03. The number of nitrogens with one attached hydrogen (secondary N) is 1. The second kappa shape index (κ2) is 3.80. The molecule has 0 saturated heterocycles. The number of fused-ring (bicyclic) bond motifs is 1. The molecule has 2 aromatic rings. The molecule has 2 N–H and O–H groups in total. The Morgan fingerprint density at radius 2 is 2.44 bits per heavy atom. The normalized spacial score (nSPS) is 12.8. The van der Waals surface area contributed by atoms with Crippen molar-refractivity contribution in [2.75, 3.05) is 0 Å². The van der Waals surface area contributed by atoms with Crippen LogP contribution in [0.25, 0.3) is 11.2 Å². The number of hydrogen-bond acceptors (Lipinski definition) is 4. The highest BCUT2D eigenvalue weighted by Crippen LogP contribution is 2.20. The summed E-state index contributed by atoms with van der Waals surface area (Å²) < 4.78 is 4.75. The van der Waals surface area contributed by atoms with E-state index in [0.29, 0.717) is 5.52 Å². The first-order valence-electron chi connectivity index (χ1n) is 4.77. The summed E-state index contributed by atoms with van der Waals surface area (Å²) in [6, 6.07) is 1.68. The van der Waals surface area contributed by atoms with Crippen LogP contribution in [0.2, 0.25) is 0 Å². The van der Waals surface area contributed by atoms with E-state index in [1.165, 1.54) is 6.20 Å². The zero-order valence-corrected chi connectivity index (χ0v) is 8.56. The number of carboxylic acids is 1. The third kappa shape index (κ3) is 1.95. The highest BCUT2D eigenvalue weighted by atomic mass is 16.4. The molecule has 0 aromatic carbocycles. The van der Waals surface area contributed by atoms with Crippen LogP contribution < -0.4 is 5.76 Å². The van der Waals surface area contributed by atoms with E-state index in [4.69, 9.17) is 9.52 Å². The summed E-state index contributed by atoms with van der Waals surface area (Å²) in [5.41, 5.74) is 1.47. The Morgan fingerprint density at radius 3 is 3.12 bits per heavy atom. The quantitative estimate of drug-likeness (QED) is 0.810. The minimum Gasteiger partial charge on any atom is -0.481 e. The minimum atomic E-state index is -0.867. The number of nitrogens with zero attached hydrogens (tertiary/aromatic N) is 1. The van der Waals surface area contributed by atoms with Crippen molar-refractivity contribution in [3.05, 3.63) is 28.4 Å². The lowest BCUT2D eigenvalue weighted by molar-refractivity contribution is -0.137. The van der Waals surface area contributed by atoms with Crippen LogP contribution in [-0.4, -0.2) is 21.0 Å². The molecular formula is C10H10N2O4. The Bertz CT molecular complexity index is 584. The topological polar surface area (TPSA) is 96.2 Å². The van der Waals surface area contributed by atoms with E-state index in [2.05, 4.69) is 9.97 Å². The second-order valence-electron chi connectivity index (χ2n) is 3.63. The average Bonchev–Trinajstić information content (AvgIpc) is 2.55. The molecule has 1 atom stereocenters. The van der Waals surface area contributed by atoms with E-state index in [1.54, 1.807) is 13.0 Å². The van der Waals surface area contributed by atoms with Crippen molar-refractivity contribution >= 4 is 17.2 Å². The second-order valence-corrected chi connectivity index (χ2v) is 3.63. The molecule has 0 radical (unpaired) electrons. The molecule has 2 aromatic heterocycles. The van der Waals surface area contributed by atoms with Crippen molar-refractivity contribution in [2.24, 2.45) is 0 Å². The summed E-state index contributed by atoms with van der Waals surface area (Å²) in [4.78, 5) is 27.9. The number of rotatable bonds is 3. The van der Waals surface area contributed by atoms with Crippen LogP contribution >= 0.6 is 0 Å². The molecule has 0 aliphatic heterocycles. The Kier molecular flexibility index (Phi) is 2.47. The van der Waals surface area contributed by atoms with Gasteiger partial charge in [0.05, 0.1) is 6.42 Å². The van der Waals surface area contributed by atoms with Crippen LogP contribution in [0.1, 0.15) is 24.8 Å². The van der Waals surface area contributed by atoms with Gasteiger partial charge in [0.25, 0.3) is 0 Å². The van der Waals surface area contributed by atoms with Crippen molar-refractivity contribution in [3.8, 4) is 0 Å². The molecule has 6 nitrogen and oxygen atoms in total. The summed E-state index contributed by atoms with van der Waals surface area (Å²) >= 11 is 0. The molecular weight excluding hydrogens is 212 g/mol. The molecule has 6 heteroatoms. The van der Waals surface area contributed by atoms with Gasteiger partial charge in [-0.1, -0.05) is 6.92 Å². The Balaban J connectivity index is 2.38. The molecule has 2 rings (SSSR count). The summed E-state index contributed by atoms with van der Waals surface area (Å²) in [7, 11) is 0. The van der Waals surface area contributed by atoms with Gasteiger partial charge in [-0.15, -0.1) is 0 Å². The number of carboxylic acid groups (broad SMARTS) is 1. The van der Waals surface area contributed by atoms with E-state index < -0.39 is 11.7 Å². The number of oxazole rings is 1. The molecule has 0 fully saturated rings. The Hall–Kier alpha value is -2.11. The Labute approximate surface area is 89.9 Å². The van der Waals surface area contributed by atoms with E-state index >= 15 is 0 Å². The fourth-order valence-electron chi connectivity index (χ4n) is 1.51. The third-order valence-electron chi connectivity index (χ3n) is 2.35. The van der Waals surface area contributed by atoms with Gasteiger partial charge in [0.1, 0.15) is 5.52 Å². The number of hydrogen-bond donors (Lipinski definition) is 2. The van der Waals surface area contributed by atoms with Crippen molar-refractivity contribution in [1.82, 2.24) is 9.97 Å². The molecule has 0 bridgehead atoms. The summed E-state index contributed by atoms with van der Waals surface area (Å²) in [6.45, 7) is 1.79. The molecule has 1 unspecified atom stereocenters. The maximum atomic E-state index is 10.9. The SMILES string of the molecule is CC(CC(=O)O)c1cnc2oc(=O)[nH]c2c1. The predicted octanol–water partition coefficient (Wildman–Crippen LogP) is 1.09. The third-order valence-corrected chi connectivity index (χ3v) is 2.35. The number of aliphatic carboxylic acids is 1. The highest BCUT2D eigenvalue weighted by Gasteiger charge is 2.12. The van der Waals surface area contributed by atoms with Gasteiger partial charge in [0.15, 0.2) is 0 Å². The molecule has 0 saturated carbocycles. The lowest BCUT2D eigenvalue weighted by atomic mass is 10.00. The van der Waals surface area contributed by atoms with Crippen molar-refractivity contribution in [1.29, 1.82) is 0 Å². The van der Waals surface area contributed by atoms with Gasteiger partial charge in [-0.2, -0.15) is 0 Å². The van der Waals surface area contributed by atoms with Crippen LogP contribution in [0.3, 0.4) is 0 Å². The van der Waals surface area contributed by atoms with Crippen molar-refractivity contribution in [2.45, 2.75) is 19.3 Å². The minimum absolute atomic E-state index is 0.0231. The maximum Gasteiger partial charge on any atom is 0.418 e. The summed E-state index contributed by atoms with van der Waals surface area (Å²) in [6.07, 6.45) is 1.54. The molecule has 0 amide bonds. The van der Waals surface area contributed by atoms with Gasteiger partial charge in [-0.3, -0.25) is 9.78 Å². The largest absolute Gasteiger partial charge is 0.481 e. The molecule has 2 heterocycles. The monoisotopic (exact) mass is 222 g/mol. The summed E-state index contributed by atoms with van der Waals surface area (Å²) in [5.74, 6) is -1.59. The fourth-order valence-corrected chi connectivity index (χ4v) is 1.51. The number of aromatic nitrogens is 2. The van der Waals surface area contributed by atoms with Gasteiger partial charge in [0.2, 0.25) is 5.71 Å². The van der Waals surface area contributed by atoms with Crippen LogP contribution in [0.4, 0.5) is 0 Å². The van der Waals surface area contributed by atoms with E-state index in [-0.39, 0.29) is 18.1 Å². The smallest absolute Gasteiger partial charge is 0.418 e. The zero-order valence-electron chi connectivity index (χ0n) is 8.56. The van der Waals surface area contributed by atoms with Crippen LogP contribution in [0, 0.1) is 0 Å². The van der Waals surface area contributed by atoms with Gasteiger partial charge >= 0.3 is 11.7 Å². The van der Waals surface area contributed by atoms with E-state index in [0.717, 1.165) is 5.56 Å². The van der Waals surface area contributed by atoms with Gasteiger partial charge in [0, 0.05) is 6.20 Å². The fraction of sp³-hybridized carbons (Fsp3) is 0.300. The van der Waals surface area contributed by atoms with Crippen molar-refractivity contribution < 1.29 is 14.3 Å². The van der Waals surface area contributed by atoms with E-state index in [9.17, 15) is 9.59 Å². The number of aromatic amines is 1. The molecule has 0 spiro atoms. The molecule has 0 aliphatic carbocycles. The van der Waals surface area contributed by atoms with Gasteiger partial charge in [-0.05, 0) is 17.5 Å². The summed E-state index contributed by atoms with van der Waals surface area (Å²) in [5, 5.41) is 8.67. The first kappa shape index (κ1) is 10.4. The predicted molar refractivity (Wildman–Crippen MR) is 55.3 cm³/mol. The van der Waals surface area contributed by atoms with E-state index in [1.807, 2.05) is 0 Å². The standard InChI is InChI=1S/C10H10N2O4/c1-5(2-8(13)14)6-3-7-9(11-4-6)16-10(15)12-7/h3-5H,2H2,1H3,(H,12,15)(H,13,14). The zero-order chi connectivity index (χ0) is 11.7. The van der Waals surface area contributed by atoms with Crippen LogP contribution in [0.5, 0.6) is 0 Å². The number of carbonyl (C=O) groups is 1. The molecule has 0 aliphatic rings. The average molecular weight is 222 g/mol.